The van der Waals surface area contributed by atoms with Gasteiger partial charge in [-0.05, 0) is 30.0 Å². The Labute approximate surface area is 125 Å². The van der Waals surface area contributed by atoms with Gasteiger partial charge >= 0.3 is 5.97 Å². The largest absolute Gasteiger partial charge is 0.481 e. The maximum Gasteiger partial charge on any atom is 0.307 e. The maximum absolute atomic E-state index is 10.8. The average Bonchev–Trinajstić information content (AvgIpc) is 2.71. The molecule has 0 unspecified atom stereocenters. The summed E-state index contributed by atoms with van der Waals surface area (Å²) in [7, 11) is 0. The molecule has 114 valence electrons. The van der Waals surface area contributed by atoms with Crippen LogP contribution in [0.4, 0.5) is 0 Å². The van der Waals surface area contributed by atoms with Crippen molar-refractivity contribution in [3.8, 4) is 0 Å². The number of hydrogen-bond acceptors (Lipinski definition) is 2. The summed E-state index contributed by atoms with van der Waals surface area (Å²) >= 11 is 0. The summed E-state index contributed by atoms with van der Waals surface area (Å²) in [6, 6.07) is 5.83. The second-order valence-corrected chi connectivity index (χ2v) is 6.02. The smallest absolute Gasteiger partial charge is 0.307 e. The Bertz CT molecular complexity index is 629. The summed E-state index contributed by atoms with van der Waals surface area (Å²) in [6.07, 6.45) is 3.29. The minimum Gasteiger partial charge on any atom is -0.481 e. The summed E-state index contributed by atoms with van der Waals surface area (Å²) < 4.78 is 2.30. The van der Waals surface area contributed by atoms with Crippen LogP contribution in [-0.2, 0) is 24.2 Å². The Kier molecular flexibility index (Phi) is 4.99. The number of imidazole rings is 1. The first kappa shape index (κ1) is 15.5. The van der Waals surface area contributed by atoms with Crippen molar-refractivity contribution in [2.45, 2.75) is 53.0 Å². The van der Waals surface area contributed by atoms with Crippen molar-refractivity contribution in [2.24, 2.45) is 5.92 Å². The lowest BCUT2D eigenvalue weighted by Gasteiger charge is -2.10. The Balaban J connectivity index is 2.42. The highest BCUT2D eigenvalue weighted by molar-refractivity contribution is 5.79. The van der Waals surface area contributed by atoms with Gasteiger partial charge in [-0.15, -0.1) is 0 Å². The van der Waals surface area contributed by atoms with E-state index in [1.54, 1.807) is 0 Å². The number of hydrogen-bond donors (Lipinski definition) is 1. The highest BCUT2D eigenvalue weighted by atomic mass is 16.4. The van der Waals surface area contributed by atoms with E-state index in [-0.39, 0.29) is 6.42 Å². The van der Waals surface area contributed by atoms with Gasteiger partial charge in [0.2, 0.25) is 0 Å². The zero-order valence-corrected chi connectivity index (χ0v) is 13.1. The molecular formula is C17H24N2O2. The van der Waals surface area contributed by atoms with Gasteiger partial charge in [-0.25, -0.2) is 4.98 Å². The van der Waals surface area contributed by atoms with Crippen molar-refractivity contribution in [1.82, 2.24) is 9.55 Å². The van der Waals surface area contributed by atoms with Crippen LogP contribution in [0.1, 0.15) is 45.0 Å². The number of carboxylic acid groups (broad SMARTS) is 1. The molecule has 0 spiro atoms. The third kappa shape index (κ3) is 3.84. The summed E-state index contributed by atoms with van der Waals surface area (Å²) in [5.74, 6) is 0.865. The predicted octanol–water partition coefficient (Wildman–Crippen LogP) is 3.66. The van der Waals surface area contributed by atoms with E-state index in [9.17, 15) is 4.79 Å². The number of nitrogens with zero attached hydrogens (tertiary/aromatic N) is 2. The zero-order valence-electron chi connectivity index (χ0n) is 13.1. The van der Waals surface area contributed by atoms with E-state index >= 15 is 0 Å². The van der Waals surface area contributed by atoms with Crippen LogP contribution in [0, 0.1) is 5.92 Å². The Morgan fingerprint density at radius 3 is 2.76 bits per heavy atom. The van der Waals surface area contributed by atoms with Crippen LogP contribution in [0.2, 0.25) is 0 Å². The molecule has 0 fully saturated rings. The minimum atomic E-state index is -0.804. The first-order valence-corrected chi connectivity index (χ1v) is 7.71. The summed E-state index contributed by atoms with van der Waals surface area (Å²) in [6.45, 7) is 7.55. The fraction of sp³-hybridized carbons (Fsp3) is 0.529. The molecule has 0 bridgehead atoms. The Morgan fingerprint density at radius 2 is 2.14 bits per heavy atom. The molecule has 0 saturated carbocycles. The molecular weight excluding hydrogens is 264 g/mol. The van der Waals surface area contributed by atoms with Gasteiger partial charge in [-0.2, -0.15) is 0 Å². The highest BCUT2D eigenvalue weighted by Gasteiger charge is 2.13. The zero-order chi connectivity index (χ0) is 15.4. The van der Waals surface area contributed by atoms with Gasteiger partial charge in [-0.1, -0.05) is 33.3 Å². The standard InChI is InChI=1S/C17H24N2O2/c1-4-5-8-19-15-7-6-13(11-17(20)21)10-14(15)18-16(19)9-12(2)3/h6-7,10,12H,4-5,8-9,11H2,1-3H3,(H,20,21). The van der Waals surface area contributed by atoms with Gasteiger partial charge in [0.15, 0.2) is 0 Å². The maximum atomic E-state index is 10.8. The summed E-state index contributed by atoms with van der Waals surface area (Å²) in [5.41, 5.74) is 2.85. The van der Waals surface area contributed by atoms with Crippen molar-refractivity contribution >= 4 is 17.0 Å². The third-order valence-electron chi connectivity index (χ3n) is 3.57. The molecule has 4 heteroatoms. The van der Waals surface area contributed by atoms with Gasteiger partial charge < -0.3 is 9.67 Å². The van der Waals surface area contributed by atoms with E-state index in [4.69, 9.17) is 10.1 Å². The van der Waals surface area contributed by atoms with E-state index < -0.39 is 5.97 Å². The Morgan fingerprint density at radius 1 is 1.38 bits per heavy atom. The monoisotopic (exact) mass is 288 g/mol. The van der Waals surface area contributed by atoms with E-state index in [1.165, 1.54) is 0 Å². The van der Waals surface area contributed by atoms with Gasteiger partial charge in [0.1, 0.15) is 5.82 Å². The molecule has 1 N–H and O–H groups in total. The summed E-state index contributed by atoms with van der Waals surface area (Å²) in [5, 5.41) is 8.91. The lowest BCUT2D eigenvalue weighted by Crippen LogP contribution is -2.07. The summed E-state index contributed by atoms with van der Waals surface area (Å²) in [4.78, 5) is 15.6. The lowest BCUT2D eigenvalue weighted by atomic mass is 10.1. The van der Waals surface area contributed by atoms with Crippen molar-refractivity contribution < 1.29 is 9.90 Å². The number of unbranched alkanes of at least 4 members (excludes halogenated alkanes) is 1. The number of rotatable bonds is 7. The number of aliphatic carboxylic acids is 1. The van der Waals surface area contributed by atoms with Crippen LogP contribution in [-0.4, -0.2) is 20.6 Å². The fourth-order valence-corrected chi connectivity index (χ4v) is 2.60. The quantitative estimate of drug-likeness (QED) is 0.846. The normalized spacial score (nSPS) is 11.4. The number of aromatic nitrogens is 2. The van der Waals surface area contributed by atoms with E-state index in [0.29, 0.717) is 5.92 Å². The van der Waals surface area contributed by atoms with E-state index in [2.05, 4.69) is 25.3 Å². The Hall–Kier alpha value is -1.84. The number of carboxylic acids is 1. The molecule has 4 nitrogen and oxygen atoms in total. The highest BCUT2D eigenvalue weighted by Crippen LogP contribution is 2.21. The molecule has 0 saturated heterocycles. The molecule has 2 rings (SSSR count). The molecule has 0 radical (unpaired) electrons. The molecule has 21 heavy (non-hydrogen) atoms. The van der Waals surface area contributed by atoms with Crippen molar-refractivity contribution in [1.29, 1.82) is 0 Å². The molecule has 2 aromatic rings. The van der Waals surface area contributed by atoms with Crippen LogP contribution in [0.25, 0.3) is 11.0 Å². The predicted molar refractivity (Wildman–Crippen MR) is 84.5 cm³/mol. The van der Waals surface area contributed by atoms with Gasteiger partial charge in [0, 0.05) is 13.0 Å². The first-order chi connectivity index (χ1) is 10.0. The van der Waals surface area contributed by atoms with Crippen molar-refractivity contribution in [2.75, 3.05) is 0 Å². The van der Waals surface area contributed by atoms with Gasteiger partial charge in [0.05, 0.1) is 17.5 Å². The number of benzene rings is 1. The number of fused-ring (bicyclic) bond motifs is 1. The van der Waals surface area contributed by atoms with Crippen LogP contribution in [0.5, 0.6) is 0 Å². The second kappa shape index (κ2) is 6.74. The molecule has 1 aromatic heterocycles. The van der Waals surface area contributed by atoms with Gasteiger partial charge in [0.25, 0.3) is 0 Å². The average molecular weight is 288 g/mol. The van der Waals surface area contributed by atoms with Crippen molar-refractivity contribution in [3.05, 3.63) is 29.6 Å². The minimum absolute atomic E-state index is 0.0529. The number of aryl methyl sites for hydroxylation is 1. The fourth-order valence-electron chi connectivity index (χ4n) is 2.60. The van der Waals surface area contributed by atoms with Crippen LogP contribution >= 0.6 is 0 Å². The van der Waals surface area contributed by atoms with Crippen LogP contribution in [0.3, 0.4) is 0 Å². The van der Waals surface area contributed by atoms with Gasteiger partial charge in [-0.3, -0.25) is 4.79 Å². The number of carbonyl (C=O) groups is 1. The molecule has 0 aliphatic rings. The molecule has 0 amide bonds. The van der Waals surface area contributed by atoms with E-state index in [0.717, 1.165) is 48.2 Å². The van der Waals surface area contributed by atoms with Crippen molar-refractivity contribution in [3.63, 3.8) is 0 Å². The first-order valence-electron chi connectivity index (χ1n) is 7.71. The van der Waals surface area contributed by atoms with Crippen LogP contribution < -0.4 is 0 Å². The third-order valence-corrected chi connectivity index (χ3v) is 3.57. The molecule has 0 atom stereocenters. The van der Waals surface area contributed by atoms with Crippen LogP contribution in [0.15, 0.2) is 18.2 Å². The second-order valence-electron chi connectivity index (χ2n) is 6.02. The SMILES string of the molecule is CCCCn1c(CC(C)C)nc2cc(CC(=O)O)ccc21. The lowest BCUT2D eigenvalue weighted by molar-refractivity contribution is -0.136. The molecule has 1 heterocycles. The molecule has 1 aromatic carbocycles. The molecule has 0 aliphatic carbocycles. The van der Waals surface area contributed by atoms with E-state index in [1.807, 2.05) is 18.2 Å². The topological polar surface area (TPSA) is 55.1 Å². The molecule has 0 aliphatic heterocycles.